The monoisotopic (exact) mass is 282 g/mol. The molecule has 110 valence electrons. The Kier molecular flexibility index (Phi) is 3.19. The molecule has 0 saturated carbocycles. The van der Waals surface area contributed by atoms with Gasteiger partial charge in [0.1, 0.15) is 0 Å². The molecule has 2 aromatic carbocycles. The van der Waals surface area contributed by atoms with Gasteiger partial charge in [-0.2, -0.15) is 0 Å². The average Bonchev–Trinajstić information content (AvgIpc) is 2.63. The van der Waals surface area contributed by atoms with Crippen LogP contribution in [0.1, 0.15) is 38.8 Å². The van der Waals surface area contributed by atoms with Gasteiger partial charge in [0.2, 0.25) is 0 Å². The van der Waals surface area contributed by atoms with Crippen molar-refractivity contribution in [1.82, 2.24) is 0 Å². The molecular weight excluding hydrogens is 259 g/mol. The summed E-state index contributed by atoms with van der Waals surface area (Å²) < 4.78 is 12.5. The van der Waals surface area contributed by atoms with Crippen LogP contribution in [0.3, 0.4) is 0 Å². The van der Waals surface area contributed by atoms with Crippen molar-refractivity contribution in [3.05, 3.63) is 41.5 Å². The van der Waals surface area contributed by atoms with Crippen LogP contribution in [0.4, 0.5) is 0 Å². The molecule has 1 saturated heterocycles. The van der Waals surface area contributed by atoms with Crippen LogP contribution in [0.15, 0.2) is 30.3 Å². The number of benzene rings is 2. The predicted molar refractivity (Wildman–Crippen MR) is 89.1 cm³/mol. The van der Waals surface area contributed by atoms with Gasteiger partial charge >= 0.3 is 7.12 Å². The highest BCUT2D eigenvalue weighted by Gasteiger charge is 2.52. The third-order valence-corrected chi connectivity index (χ3v) is 5.11. The molecule has 3 heteroatoms. The van der Waals surface area contributed by atoms with Crippen molar-refractivity contribution in [3.63, 3.8) is 0 Å². The van der Waals surface area contributed by atoms with Crippen molar-refractivity contribution in [2.75, 3.05) is 0 Å². The number of aryl methyl sites for hydroxylation is 2. The van der Waals surface area contributed by atoms with E-state index in [1.165, 1.54) is 21.9 Å². The van der Waals surface area contributed by atoms with Gasteiger partial charge in [0, 0.05) is 0 Å². The van der Waals surface area contributed by atoms with Crippen molar-refractivity contribution >= 4 is 23.4 Å². The summed E-state index contributed by atoms with van der Waals surface area (Å²) in [5.41, 5.74) is 3.12. The highest BCUT2D eigenvalue weighted by Crippen LogP contribution is 2.37. The number of rotatable bonds is 1. The maximum atomic E-state index is 6.23. The zero-order valence-corrected chi connectivity index (χ0v) is 13.8. The standard InChI is InChI=1S/C18H23BO2/c1-12-11-16(15-10-8-7-9-14(15)13(12)2)19-20-17(3,4)18(5,6)21-19/h7-11H,1-6H3. The molecule has 1 fully saturated rings. The summed E-state index contributed by atoms with van der Waals surface area (Å²) in [4.78, 5) is 0. The number of fused-ring (bicyclic) bond motifs is 1. The second kappa shape index (κ2) is 4.59. The first kappa shape index (κ1) is 14.6. The molecule has 3 rings (SSSR count). The average molecular weight is 282 g/mol. The molecule has 0 unspecified atom stereocenters. The summed E-state index contributed by atoms with van der Waals surface area (Å²) in [6, 6.07) is 10.7. The van der Waals surface area contributed by atoms with Crippen LogP contribution in [-0.2, 0) is 9.31 Å². The van der Waals surface area contributed by atoms with Crippen molar-refractivity contribution in [2.24, 2.45) is 0 Å². The van der Waals surface area contributed by atoms with Crippen LogP contribution in [0.25, 0.3) is 10.8 Å². The van der Waals surface area contributed by atoms with E-state index in [0.29, 0.717) is 0 Å². The minimum atomic E-state index is -0.308. The molecule has 0 atom stereocenters. The summed E-state index contributed by atoms with van der Waals surface area (Å²) in [6.45, 7) is 12.7. The zero-order chi connectivity index (χ0) is 15.4. The lowest BCUT2D eigenvalue weighted by Gasteiger charge is -2.32. The van der Waals surface area contributed by atoms with E-state index >= 15 is 0 Å². The van der Waals surface area contributed by atoms with Gasteiger partial charge in [0.15, 0.2) is 0 Å². The first-order valence-electron chi connectivity index (χ1n) is 7.57. The molecule has 0 aliphatic carbocycles. The van der Waals surface area contributed by atoms with Gasteiger partial charge in [-0.3, -0.25) is 0 Å². The third-order valence-electron chi connectivity index (χ3n) is 5.11. The Labute approximate surface area is 127 Å². The van der Waals surface area contributed by atoms with Crippen molar-refractivity contribution < 1.29 is 9.31 Å². The minimum Gasteiger partial charge on any atom is -0.399 e. The Morgan fingerprint density at radius 2 is 1.38 bits per heavy atom. The zero-order valence-electron chi connectivity index (χ0n) is 13.8. The SMILES string of the molecule is Cc1cc(B2OC(C)(C)C(C)(C)O2)c2ccccc2c1C. The van der Waals surface area contributed by atoms with E-state index in [0.717, 1.165) is 5.46 Å². The second-order valence-corrected chi connectivity index (χ2v) is 7.04. The summed E-state index contributed by atoms with van der Waals surface area (Å²) in [6.07, 6.45) is 0. The maximum Gasteiger partial charge on any atom is 0.495 e. The van der Waals surface area contributed by atoms with Crippen LogP contribution < -0.4 is 5.46 Å². The van der Waals surface area contributed by atoms with Gasteiger partial charge in [-0.1, -0.05) is 30.3 Å². The summed E-state index contributed by atoms with van der Waals surface area (Å²) >= 11 is 0. The Balaban J connectivity index is 2.17. The molecule has 2 aromatic rings. The molecule has 0 amide bonds. The molecule has 1 aliphatic rings. The number of hydrogen-bond acceptors (Lipinski definition) is 2. The largest absolute Gasteiger partial charge is 0.495 e. The molecule has 0 aromatic heterocycles. The smallest absolute Gasteiger partial charge is 0.399 e. The van der Waals surface area contributed by atoms with Crippen LogP contribution >= 0.6 is 0 Å². The van der Waals surface area contributed by atoms with Crippen LogP contribution in [0.2, 0.25) is 0 Å². The lowest BCUT2D eigenvalue weighted by atomic mass is 9.74. The molecule has 21 heavy (non-hydrogen) atoms. The van der Waals surface area contributed by atoms with E-state index in [2.05, 4.69) is 71.9 Å². The Morgan fingerprint density at radius 3 is 1.95 bits per heavy atom. The topological polar surface area (TPSA) is 18.5 Å². The number of hydrogen-bond donors (Lipinski definition) is 0. The Morgan fingerprint density at radius 1 is 0.857 bits per heavy atom. The van der Waals surface area contributed by atoms with E-state index in [1.807, 2.05) is 0 Å². The molecule has 0 N–H and O–H groups in total. The van der Waals surface area contributed by atoms with Gasteiger partial charge in [-0.25, -0.2) is 0 Å². The van der Waals surface area contributed by atoms with E-state index in [4.69, 9.17) is 9.31 Å². The van der Waals surface area contributed by atoms with E-state index < -0.39 is 0 Å². The molecule has 2 nitrogen and oxygen atoms in total. The van der Waals surface area contributed by atoms with Crippen molar-refractivity contribution in [1.29, 1.82) is 0 Å². The lowest BCUT2D eigenvalue weighted by molar-refractivity contribution is 0.00578. The van der Waals surface area contributed by atoms with Gasteiger partial charge in [0.25, 0.3) is 0 Å². The summed E-state index contributed by atoms with van der Waals surface area (Å²) in [7, 11) is -0.306. The highest BCUT2D eigenvalue weighted by atomic mass is 16.7. The van der Waals surface area contributed by atoms with Crippen molar-refractivity contribution in [2.45, 2.75) is 52.7 Å². The fraction of sp³-hybridized carbons (Fsp3) is 0.444. The summed E-state index contributed by atoms with van der Waals surface area (Å²) in [5.74, 6) is 0. The van der Waals surface area contributed by atoms with Crippen molar-refractivity contribution in [3.8, 4) is 0 Å². The van der Waals surface area contributed by atoms with E-state index in [9.17, 15) is 0 Å². The fourth-order valence-corrected chi connectivity index (χ4v) is 2.86. The highest BCUT2D eigenvalue weighted by molar-refractivity contribution is 6.65. The van der Waals surface area contributed by atoms with E-state index in [-0.39, 0.29) is 18.3 Å². The van der Waals surface area contributed by atoms with Crippen LogP contribution in [0.5, 0.6) is 0 Å². The molecular formula is C18H23BO2. The summed E-state index contributed by atoms with van der Waals surface area (Å²) in [5, 5.41) is 2.50. The quantitative estimate of drug-likeness (QED) is 0.741. The first-order chi connectivity index (χ1) is 9.73. The molecule has 0 spiro atoms. The third kappa shape index (κ3) is 2.19. The van der Waals surface area contributed by atoms with Gasteiger partial charge in [0.05, 0.1) is 11.2 Å². The molecule has 1 aliphatic heterocycles. The predicted octanol–water partition coefficient (Wildman–Crippen LogP) is 3.76. The lowest BCUT2D eigenvalue weighted by Crippen LogP contribution is -2.41. The Bertz CT molecular complexity index is 688. The first-order valence-corrected chi connectivity index (χ1v) is 7.57. The van der Waals surface area contributed by atoms with Crippen LogP contribution in [0, 0.1) is 13.8 Å². The van der Waals surface area contributed by atoms with Gasteiger partial charge in [-0.15, -0.1) is 0 Å². The minimum absolute atomic E-state index is 0.306. The molecule has 0 radical (unpaired) electrons. The fourth-order valence-electron chi connectivity index (χ4n) is 2.86. The van der Waals surface area contributed by atoms with E-state index in [1.54, 1.807) is 0 Å². The Hall–Kier alpha value is -1.32. The molecule has 1 heterocycles. The normalized spacial score (nSPS) is 20.2. The molecule has 0 bridgehead atoms. The van der Waals surface area contributed by atoms with Gasteiger partial charge in [-0.05, 0) is 68.9 Å². The maximum absolute atomic E-state index is 6.23. The van der Waals surface area contributed by atoms with Gasteiger partial charge < -0.3 is 9.31 Å². The second-order valence-electron chi connectivity index (χ2n) is 7.04. The van der Waals surface area contributed by atoms with Crippen LogP contribution in [-0.4, -0.2) is 18.3 Å².